The zero-order valence-corrected chi connectivity index (χ0v) is 13.9. The van der Waals surface area contributed by atoms with Crippen molar-refractivity contribution in [3.8, 4) is 0 Å². The molecule has 7 nitrogen and oxygen atoms in total. The van der Waals surface area contributed by atoms with Crippen LogP contribution in [0.1, 0.15) is 17.3 Å². The van der Waals surface area contributed by atoms with Gasteiger partial charge < -0.3 is 15.4 Å². The largest absolute Gasteiger partial charge is 0.383 e. The summed E-state index contributed by atoms with van der Waals surface area (Å²) in [6.07, 6.45) is 0. The Morgan fingerprint density at radius 2 is 2.14 bits per heavy atom. The minimum Gasteiger partial charge on any atom is -0.383 e. The second kappa shape index (κ2) is 8.23. The molecule has 1 unspecified atom stereocenters. The first kappa shape index (κ1) is 18.6. The lowest BCUT2D eigenvalue weighted by molar-refractivity contribution is 0.0748. The molecule has 0 saturated heterocycles. The van der Waals surface area contributed by atoms with Gasteiger partial charge in [0.25, 0.3) is 5.91 Å². The minimum absolute atomic E-state index is 0.0447. The first-order chi connectivity index (χ1) is 10.3. The van der Waals surface area contributed by atoms with Gasteiger partial charge in [-0.15, -0.1) is 0 Å². The van der Waals surface area contributed by atoms with Crippen molar-refractivity contribution in [2.45, 2.75) is 17.9 Å². The Balaban J connectivity index is 2.97. The number of carbonyl (C=O) groups is 1. The lowest BCUT2D eigenvalue weighted by atomic mass is 10.2. The van der Waals surface area contributed by atoms with Gasteiger partial charge in [-0.3, -0.25) is 4.79 Å². The number of nitrogens with two attached hydrogens (primary N) is 1. The highest BCUT2D eigenvalue weighted by Gasteiger charge is 2.19. The molecular formula is C14H23N3O4S. The average Bonchev–Trinajstić information content (AvgIpc) is 2.53. The molecule has 0 saturated carbocycles. The van der Waals surface area contributed by atoms with Crippen molar-refractivity contribution in [1.82, 2.24) is 9.62 Å². The van der Waals surface area contributed by atoms with Gasteiger partial charge in [0.05, 0.1) is 11.5 Å². The lowest BCUT2D eigenvalue weighted by Crippen LogP contribution is -2.39. The van der Waals surface area contributed by atoms with Crippen LogP contribution < -0.4 is 10.5 Å². The molecule has 0 aliphatic heterocycles. The summed E-state index contributed by atoms with van der Waals surface area (Å²) in [5.41, 5.74) is 5.85. The fourth-order valence-corrected chi connectivity index (χ4v) is 2.78. The smallest absolute Gasteiger partial charge is 0.253 e. The fraction of sp³-hybridized carbons (Fsp3) is 0.500. The number of likely N-dealkylation sites (N-methyl/N-ethyl adjacent to an activating group) is 1. The molecular weight excluding hydrogens is 306 g/mol. The fourth-order valence-electron chi connectivity index (χ4n) is 1.72. The van der Waals surface area contributed by atoms with E-state index in [0.29, 0.717) is 12.1 Å². The predicted octanol–water partition coefficient (Wildman–Crippen LogP) is 0.0305. The third kappa shape index (κ3) is 4.77. The Kier molecular flexibility index (Phi) is 6.95. The zero-order valence-electron chi connectivity index (χ0n) is 13.1. The van der Waals surface area contributed by atoms with Crippen LogP contribution in [0.4, 0.5) is 0 Å². The van der Waals surface area contributed by atoms with Gasteiger partial charge in [0.2, 0.25) is 10.0 Å². The molecule has 0 aliphatic carbocycles. The molecule has 3 N–H and O–H groups in total. The molecule has 0 aromatic heterocycles. The van der Waals surface area contributed by atoms with E-state index in [0.717, 1.165) is 0 Å². The molecule has 0 heterocycles. The molecule has 1 amide bonds. The summed E-state index contributed by atoms with van der Waals surface area (Å²) in [5, 5.41) is 0. The molecule has 0 aliphatic rings. The minimum atomic E-state index is -3.67. The summed E-state index contributed by atoms with van der Waals surface area (Å²) < 4.78 is 31.5. The Hall–Kier alpha value is -1.48. The molecule has 8 heteroatoms. The van der Waals surface area contributed by atoms with Gasteiger partial charge in [-0.2, -0.15) is 0 Å². The Morgan fingerprint density at radius 3 is 2.73 bits per heavy atom. The van der Waals surface area contributed by atoms with Crippen molar-refractivity contribution in [3.05, 3.63) is 29.8 Å². The Bertz CT molecular complexity index is 604. The van der Waals surface area contributed by atoms with Gasteiger partial charge in [0.15, 0.2) is 0 Å². The first-order valence-corrected chi connectivity index (χ1v) is 8.37. The molecule has 0 fully saturated rings. The van der Waals surface area contributed by atoms with Crippen molar-refractivity contribution in [3.63, 3.8) is 0 Å². The maximum absolute atomic E-state index is 12.3. The molecule has 0 bridgehead atoms. The summed E-state index contributed by atoms with van der Waals surface area (Å²) in [5.74, 6) is -0.271. The van der Waals surface area contributed by atoms with Crippen LogP contribution >= 0.6 is 0 Å². The molecule has 1 aromatic rings. The number of hydrogen-bond donors (Lipinski definition) is 2. The SMILES string of the molecule is COCCNS(=O)(=O)c1cccc(C(=O)N(C)C(C)CN)c1. The van der Waals surface area contributed by atoms with Crippen molar-refractivity contribution in [1.29, 1.82) is 0 Å². The van der Waals surface area contributed by atoms with E-state index in [-0.39, 0.29) is 30.0 Å². The molecule has 124 valence electrons. The van der Waals surface area contributed by atoms with E-state index in [9.17, 15) is 13.2 Å². The molecule has 22 heavy (non-hydrogen) atoms. The summed E-state index contributed by atoms with van der Waals surface area (Å²) in [4.78, 5) is 13.9. The van der Waals surface area contributed by atoms with Crippen LogP contribution in [0.2, 0.25) is 0 Å². The van der Waals surface area contributed by atoms with Crippen molar-refractivity contribution < 1.29 is 17.9 Å². The molecule has 1 rings (SSSR count). The second-order valence-electron chi connectivity index (χ2n) is 4.92. The Morgan fingerprint density at radius 1 is 1.45 bits per heavy atom. The third-order valence-electron chi connectivity index (χ3n) is 3.31. The van der Waals surface area contributed by atoms with E-state index in [2.05, 4.69) is 4.72 Å². The summed E-state index contributed by atoms with van der Waals surface area (Å²) in [6.45, 7) is 2.60. The number of hydrogen-bond acceptors (Lipinski definition) is 5. The van der Waals surface area contributed by atoms with Crippen LogP contribution in [0.25, 0.3) is 0 Å². The van der Waals surface area contributed by atoms with Crippen LogP contribution in [0, 0.1) is 0 Å². The zero-order chi connectivity index (χ0) is 16.8. The number of amides is 1. The van der Waals surface area contributed by atoms with E-state index in [4.69, 9.17) is 10.5 Å². The van der Waals surface area contributed by atoms with Crippen LogP contribution in [-0.2, 0) is 14.8 Å². The van der Waals surface area contributed by atoms with E-state index in [1.165, 1.54) is 24.1 Å². The maximum atomic E-state index is 12.3. The second-order valence-corrected chi connectivity index (χ2v) is 6.69. The topological polar surface area (TPSA) is 102 Å². The van der Waals surface area contributed by atoms with Crippen LogP contribution in [0.5, 0.6) is 0 Å². The van der Waals surface area contributed by atoms with Gasteiger partial charge in [0, 0.05) is 38.9 Å². The first-order valence-electron chi connectivity index (χ1n) is 6.89. The monoisotopic (exact) mass is 329 g/mol. The van der Waals surface area contributed by atoms with Gasteiger partial charge in [0.1, 0.15) is 0 Å². The third-order valence-corrected chi connectivity index (χ3v) is 4.77. The predicted molar refractivity (Wildman–Crippen MR) is 84.1 cm³/mol. The highest BCUT2D eigenvalue weighted by atomic mass is 32.2. The normalized spacial score (nSPS) is 12.9. The number of rotatable bonds is 8. The average molecular weight is 329 g/mol. The number of methoxy groups -OCH3 is 1. The summed E-state index contributed by atoms with van der Waals surface area (Å²) in [7, 11) is -0.541. The highest BCUT2D eigenvalue weighted by molar-refractivity contribution is 7.89. The standard InChI is InChI=1S/C14H23N3O4S/c1-11(10-15)17(2)14(18)12-5-4-6-13(9-12)22(19,20)16-7-8-21-3/h4-6,9,11,16H,7-8,10,15H2,1-3H3. The quantitative estimate of drug-likeness (QED) is 0.655. The number of sulfonamides is 1. The van der Waals surface area contributed by atoms with Gasteiger partial charge in [-0.1, -0.05) is 6.07 Å². The van der Waals surface area contributed by atoms with Crippen LogP contribution in [-0.4, -0.2) is 59.1 Å². The van der Waals surface area contributed by atoms with Crippen molar-refractivity contribution in [2.75, 3.05) is 33.9 Å². The number of carbonyl (C=O) groups excluding carboxylic acids is 1. The maximum Gasteiger partial charge on any atom is 0.253 e. The van der Waals surface area contributed by atoms with Gasteiger partial charge >= 0.3 is 0 Å². The van der Waals surface area contributed by atoms with Gasteiger partial charge in [-0.05, 0) is 25.1 Å². The molecule has 1 aromatic carbocycles. The van der Waals surface area contributed by atoms with Crippen LogP contribution in [0.3, 0.4) is 0 Å². The molecule has 0 radical (unpaired) electrons. The lowest BCUT2D eigenvalue weighted by Gasteiger charge is -2.23. The van der Waals surface area contributed by atoms with E-state index in [1.807, 2.05) is 6.92 Å². The highest BCUT2D eigenvalue weighted by Crippen LogP contribution is 2.13. The van der Waals surface area contributed by atoms with E-state index in [1.54, 1.807) is 19.2 Å². The summed E-state index contributed by atoms with van der Waals surface area (Å²) in [6, 6.07) is 5.79. The molecule has 0 spiro atoms. The summed E-state index contributed by atoms with van der Waals surface area (Å²) >= 11 is 0. The number of ether oxygens (including phenoxy) is 1. The van der Waals surface area contributed by atoms with Crippen LogP contribution in [0.15, 0.2) is 29.2 Å². The number of nitrogens with zero attached hydrogens (tertiary/aromatic N) is 1. The van der Waals surface area contributed by atoms with E-state index < -0.39 is 10.0 Å². The number of nitrogens with one attached hydrogen (secondary N) is 1. The van der Waals surface area contributed by atoms with Crippen molar-refractivity contribution >= 4 is 15.9 Å². The van der Waals surface area contributed by atoms with Crippen molar-refractivity contribution in [2.24, 2.45) is 5.73 Å². The molecule has 1 atom stereocenters. The number of benzene rings is 1. The van der Waals surface area contributed by atoms with E-state index >= 15 is 0 Å². The van der Waals surface area contributed by atoms with Gasteiger partial charge in [-0.25, -0.2) is 13.1 Å². The Labute approximate surface area is 131 Å².